The first-order valence-corrected chi connectivity index (χ1v) is 6.51. The lowest BCUT2D eigenvalue weighted by molar-refractivity contribution is 0.531. The summed E-state index contributed by atoms with van der Waals surface area (Å²) in [6, 6.07) is 4.01. The van der Waals surface area contributed by atoms with Crippen molar-refractivity contribution in [1.29, 1.82) is 0 Å². The Balaban J connectivity index is 1.99. The molecule has 0 amide bonds. The topological polar surface area (TPSA) is 24.9 Å². The van der Waals surface area contributed by atoms with Gasteiger partial charge in [0.1, 0.15) is 5.03 Å². The van der Waals surface area contributed by atoms with Gasteiger partial charge in [-0.1, -0.05) is 0 Å². The highest BCUT2D eigenvalue weighted by molar-refractivity contribution is 9.10. The molecule has 1 aliphatic rings. The van der Waals surface area contributed by atoms with Crippen LogP contribution >= 0.6 is 27.7 Å². The lowest BCUT2D eigenvalue weighted by Crippen LogP contribution is -2.29. The highest BCUT2D eigenvalue weighted by atomic mass is 79.9. The van der Waals surface area contributed by atoms with Gasteiger partial charge in [-0.25, -0.2) is 4.98 Å². The van der Waals surface area contributed by atoms with Gasteiger partial charge in [-0.3, -0.25) is 0 Å². The molecule has 76 valence electrons. The standard InChI is InChI=1S/C10H13BrN2S/c11-9-2-1-5-13-10(9)14-8-3-6-12-7-4-8/h1-2,5,8,12H,3-4,6-7H2. The van der Waals surface area contributed by atoms with Gasteiger partial charge in [0.2, 0.25) is 0 Å². The van der Waals surface area contributed by atoms with Crippen molar-refractivity contribution in [2.45, 2.75) is 23.1 Å². The fourth-order valence-electron chi connectivity index (χ4n) is 1.53. The monoisotopic (exact) mass is 272 g/mol. The van der Waals surface area contributed by atoms with Gasteiger partial charge in [-0.15, -0.1) is 11.8 Å². The molecule has 0 atom stereocenters. The number of pyridine rings is 1. The van der Waals surface area contributed by atoms with Crippen LogP contribution in [0.2, 0.25) is 0 Å². The average Bonchev–Trinajstić information content (AvgIpc) is 2.23. The third-order valence-electron chi connectivity index (χ3n) is 2.29. The zero-order chi connectivity index (χ0) is 9.80. The zero-order valence-electron chi connectivity index (χ0n) is 7.87. The average molecular weight is 273 g/mol. The molecule has 1 N–H and O–H groups in total. The maximum atomic E-state index is 4.37. The summed E-state index contributed by atoms with van der Waals surface area (Å²) in [6.07, 6.45) is 4.34. The molecule has 4 heteroatoms. The summed E-state index contributed by atoms with van der Waals surface area (Å²) in [7, 11) is 0. The fourth-order valence-corrected chi connectivity index (χ4v) is 3.15. The van der Waals surface area contributed by atoms with Crippen LogP contribution in [0.5, 0.6) is 0 Å². The molecule has 1 fully saturated rings. The molecule has 0 aromatic carbocycles. The molecule has 0 spiro atoms. The largest absolute Gasteiger partial charge is 0.317 e. The molecule has 0 bridgehead atoms. The summed E-state index contributed by atoms with van der Waals surface area (Å²) in [5.74, 6) is 0. The van der Waals surface area contributed by atoms with E-state index in [2.05, 4.69) is 32.3 Å². The number of piperidine rings is 1. The lowest BCUT2D eigenvalue weighted by atomic mass is 10.2. The predicted molar refractivity (Wildman–Crippen MR) is 63.7 cm³/mol. The summed E-state index contributed by atoms with van der Waals surface area (Å²) in [4.78, 5) is 4.37. The summed E-state index contributed by atoms with van der Waals surface area (Å²) in [5, 5.41) is 5.22. The Labute approximate surface area is 97.0 Å². The smallest absolute Gasteiger partial charge is 0.110 e. The number of rotatable bonds is 2. The number of hydrogen-bond donors (Lipinski definition) is 1. The molecule has 14 heavy (non-hydrogen) atoms. The van der Waals surface area contributed by atoms with Crippen molar-refractivity contribution < 1.29 is 0 Å². The Kier molecular flexibility index (Phi) is 3.84. The Bertz CT molecular complexity index is 300. The van der Waals surface area contributed by atoms with E-state index >= 15 is 0 Å². The maximum absolute atomic E-state index is 4.37. The van der Waals surface area contributed by atoms with Gasteiger partial charge >= 0.3 is 0 Å². The molecule has 1 aliphatic heterocycles. The first-order chi connectivity index (χ1) is 6.86. The number of halogens is 1. The van der Waals surface area contributed by atoms with E-state index in [0.29, 0.717) is 0 Å². The molecule has 2 nitrogen and oxygen atoms in total. The maximum Gasteiger partial charge on any atom is 0.110 e. The van der Waals surface area contributed by atoms with E-state index in [1.165, 1.54) is 12.8 Å². The Morgan fingerprint density at radius 1 is 1.43 bits per heavy atom. The minimum atomic E-state index is 0.724. The minimum Gasteiger partial charge on any atom is -0.317 e. The van der Waals surface area contributed by atoms with E-state index < -0.39 is 0 Å². The van der Waals surface area contributed by atoms with Crippen molar-refractivity contribution in [2.24, 2.45) is 0 Å². The predicted octanol–water partition coefficient (Wildman–Crippen LogP) is 2.69. The van der Waals surface area contributed by atoms with Crippen molar-refractivity contribution >= 4 is 27.7 Å². The van der Waals surface area contributed by atoms with Gasteiger partial charge in [0.15, 0.2) is 0 Å². The highest BCUT2D eigenvalue weighted by Gasteiger charge is 2.15. The van der Waals surface area contributed by atoms with Crippen LogP contribution in [0.4, 0.5) is 0 Å². The van der Waals surface area contributed by atoms with Crippen LogP contribution in [0, 0.1) is 0 Å². The molecule has 1 aromatic rings. The second kappa shape index (κ2) is 5.14. The first-order valence-electron chi connectivity index (χ1n) is 4.84. The number of aromatic nitrogens is 1. The molecule has 2 heterocycles. The van der Waals surface area contributed by atoms with Crippen molar-refractivity contribution in [2.75, 3.05) is 13.1 Å². The van der Waals surface area contributed by atoms with Crippen molar-refractivity contribution in [3.05, 3.63) is 22.8 Å². The van der Waals surface area contributed by atoms with Crippen LogP contribution in [0.3, 0.4) is 0 Å². The van der Waals surface area contributed by atoms with Crippen LogP contribution in [-0.2, 0) is 0 Å². The number of nitrogens with one attached hydrogen (secondary N) is 1. The van der Waals surface area contributed by atoms with E-state index in [1.807, 2.05) is 24.0 Å². The number of thioether (sulfide) groups is 1. The van der Waals surface area contributed by atoms with E-state index in [1.54, 1.807) is 0 Å². The third-order valence-corrected chi connectivity index (χ3v) is 4.54. The van der Waals surface area contributed by atoms with Gasteiger partial charge in [0, 0.05) is 15.9 Å². The summed E-state index contributed by atoms with van der Waals surface area (Å²) >= 11 is 5.42. The van der Waals surface area contributed by atoms with Crippen LogP contribution in [-0.4, -0.2) is 23.3 Å². The van der Waals surface area contributed by atoms with E-state index in [-0.39, 0.29) is 0 Å². The van der Waals surface area contributed by atoms with Crippen LogP contribution < -0.4 is 5.32 Å². The fraction of sp³-hybridized carbons (Fsp3) is 0.500. The normalized spacial score (nSPS) is 18.4. The second-order valence-electron chi connectivity index (χ2n) is 3.36. The SMILES string of the molecule is Brc1cccnc1SC1CCNCC1. The second-order valence-corrected chi connectivity index (χ2v) is 5.50. The van der Waals surface area contributed by atoms with Gasteiger partial charge in [0.25, 0.3) is 0 Å². The minimum absolute atomic E-state index is 0.724. The van der Waals surface area contributed by atoms with Crippen LogP contribution in [0.1, 0.15) is 12.8 Å². The molecule has 1 aromatic heterocycles. The lowest BCUT2D eigenvalue weighted by Gasteiger charge is -2.21. The molecule has 0 saturated carbocycles. The van der Waals surface area contributed by atoms with Gasteiger partial charge < -0.3 is 5.32 Å². The highest BCUT2D eigenvalue weighted by Crippen LogP contribution is 2.31. The van der Waals surface area contributed by atoms with E-state index in [4.69, 9.17) is 0 Å². The number of nitrogens with zero attached hydrogens (tertiary/aromatic N) is 1. The zero-order valence-corrected chi connectivity index (χ0v) is 10.3. The third kappa shape index (κ3) is 2.72. The van der Waals surface area contributed by atoms with Crippen molar-refractivity contribution in [1.82, 2.24) is 10.3 Å². The quantitative estimate of drug-likeness (QED) is 0.896. The summed E-state index contributed by atoms with van der Waals surface area (Å²) in [6.45, 7) is 2.28. The van der Waals surface area contributed by atoms with Gasteiger partial charge in [-0.05, 0) is 54.0 Å². The van der Waals surface area contributed by atoms with Gasteiger partial charge in [-0.2, -0.15) is 0 Å². The van der Waals surface area contributed by atoms with Crippen LogP contribution in [0.25, 0.3) is 0 Å². The molecule has 0 aliphatic carbocycles. The molecular formula is C10H13BrN2S. The van der Waals surface area contributed by atoms with E-state index in [9.17, 15) is 0 Å². The van der Waals surface area contributed by atoms with Gasteiger partial charge in [0.05, 0.1) is 0 Å². The molecular weight excluding hydrogens is 260 g/mol. The Hall–Kier alpha value is -0.0600. The molecule has 1 saturated heterocycles. The molecule has 0 unspecified atom stereocenters. The Morgan fingerprint density at radius 2 is 2.21 bits per heavy atom. The van der Waals surface area contributed by atoms with Crippen LogP contribution in [0.15, 0.2) is 27.8 Å². The van der Waals surface area contributed by atoms with E-state index in [0.717, 1.165) is 27.8 Å². The Morgan fingerprint density at radius 3 is 2.93 bits per heavy atom. The summed E-state index contributed by atoms with van der Waals surface area (Å²) < 4.78 is 1.11. The number of hydrogen-bond acceptors (Lipinski definition) is 3. The first kappa shape index (κ1) is 10.5. The molecule has 0 radical (unpaired) electrons. The van der Waals surface area contributed by atoms with Crippen molar-refractivity contribution in [3.8, 4) is 0 Å². The summed E-state index contributed by atoms with van der Waals surface area (Å²) in [5.41, 5.74) is 0. The van der Waals surface area contributed by atoms with Crippen molar-refractivity contribution in [3.63, 3.8) is 0 Å². The molecule has 2 rings (SSSR count).